The van der Waals surface area contributed by atoms with Crippen LogP contribution in [0.4, 0.5) is 0 Å². The van der Waals surface area contributed by atoms with Crippen LogP contribution in [-0.4, -0.2) is 50.6 Å². The van der Waals surface area contributed by atoms with Crippen molar-refractivity contribution >= 4 is 17.4 Å². The molecule has 1 heterocycles. The lowest BCUT2D eigenvalue weighted by molar-refractivity contribution is 0.0362. The van der Waals surface area contributed by atoms with Crippen LogP contribution in [0.3, 0.4) is 0 Å². The zero-order valence-corrected chi connectivity index (χ0v) is 12.4. The van der Waals surface area contributed by atoms with Crippen LogP contribution in [0, 0.1) is 0 Å². The van der Waals surface area contributed by atoms with Crippen LogP contribution in [0.25, 0.3) is 0 Å². The van der Waals surface area contributed by atoms with Crippen molar-refractivity contribution in [2.24, 2.45) is 5.73 Å². The van der Waals surface area contributed by atoms with Gasteiger partial charge in [-0.2, -0.15) is 0 Å². The summed E-state index contributed by atoms with van der Waals surface area (Å²) in [5, 5.41) is 0.445. The summed E-state index contributed by atoms with van der Waals surface area (Å²) < 4.78 is 11.2. The smallest absolute Gasteiger partial charge is 0.172 e. The fraction of sp³-hybridized carbons (Fsp3) is 0.500. The number of nitrogens with two attached hydrogens (primary N) is 1. The summed E-state index contributed by atoms with van der Waals surface area (Å²) in [5.74, 6) is 0.858. The monoisotopic (exact) mass is 298 g/mol. The van der Waals surface area contributed by atoms with Gasteiger partial charge in [0, 0.05) is 30.6 Å². The van der Waals surface area contributed by atoms with Gasteiger partial charge in [0.25, 0.3) is 0 Å². The standard InChI is InChI=1S/C14H19ClN2O3/c1-17-7-10(8-17)20-14-11(12(18)3-4-16)5-9(15)6-13(14)19-2/h5-6,10H,3-4,7-8,16H2,1-2H3. The number of likely N-dealkylation sites (N-methyl/N-ethyl adjacent to an activating group) is 1. The van der Waals surface area contributed by atoms with Crippen molar-refractivity contribution in [2.75, 3.05) is 33.8 Å². The number of hydrogen-bond acceptors (Lipinski definition) is 5. The van der Waals surface area contributed by atoms with E-state index in [0.29, 0.717) is 28.6 Å². The maximum Gasteiger partial charge on any atom is 0.172 e. The predicted octanol–water partition coefficient (Wildman–Crippen LogP) is 1.57. The van der Waals surface area contributed by atoms with E-state index in [4.69, 9.17) is 26.8 Å². The molecule has 5 nitrogen and oxygen atoms in total. The van der Waals surface area contributed by atoms with Crippen LogP contribution < -0.4 is 15.2 Å². The van der Waals surface area contributed by atoms with Gasteiger partial charge in [0.1, 0.15) is 6.10 Å². The van der Waals surface area contributed by atoms with Gasteiger partial charge in [-0.25, -0.2) is 0 Å². The molecule has 0 aliphatic carbocycles. The molecular weight excluding hydrogens is 280 g/mol. The number of nitrogens with zero attached hydrogens (tertiary/aromatic N) is 1. The molecule has 6 heteroatoms. The summed E-state index contributed by atoms with van der Waals surface area (Å²) in [6.07, 6.45) is 0.323. The predicted molar refractivity (Wildman–Crippen MR) is 77.9 cm³/mol. The number of likely N-dealkylation sites (tertiary alicyclic amines) is 1. The molecule has 20 heavy (non-hydrogen) atoms. The van der Waals surface area contributed by atoms with E-state index in [9.17, 15) is 4.79 Å². The Hall–Kier alpha value is -1.30. The fourth-order valence-electron chi connectivity index (χ4n) is 2.20. The normalized spacial score (nSPS) is 15.8. The second-order valence-corrected chi connectivity index (χ2v) is 5.34. The number of halogens is 1. The van der Waals surface area contributed by atoms with E-state index in [-0.39, 0.29) is 18.3 Å². The number of Topliss-reactive ketones (excluding diaryl/α,β-unsaturated/α-hetero) is 1. The Morgan fingerprint density at radius 1 is 1.50 bits per heavy atom. The Morgan fingerprint density at radius 2 is 2.20 bits per heavy atom. The fourth-order valence-corrected chi connectivity index (χ4v) is 2.41. The summed E-state index contributed by atoms with van der Waals surface area (Å²) in [6.45, 7) is 1.95. The van der Waals surface area contributed by atoms with Gasteiger partial charge in [0.05, 0.1) is 12.7 Å². The highest BCUT2D eigenvalue weighted by molar-refractivity contribution is 6.31. The molecule has 1 aromatic carbocycles. The third kappa shape index (κ3) is 3.23. The molecular formula is C14H19ClN2O3. The largest absolute Gasteiger partial charge is 0.493 e. The van der Waals surface area contributed by atoms with Gasteiger partial charge in [-0.15, -0.1) is 0 Å². The second-order valence-electron chi connectivity index (χ2n) is 4.91. The van der Waals surface area contributed by atoms with Gasteiger partial charge in [0.15, 0.2) is 17.3 Å². The van der Waals surface area contributed by atoms with Gasteiger partial charge in [-0.1, -0.05) is 11.6 Å². The number of ether oxygens (including phenoxy) is 2. The minimum absolute atomic E-state index is 0.0690. The summed E-state index contributed by atoms with van der Waals surface area (Å²) in [7, 11) is 3.54. The SMILES string of the molecule is COc1cc(Cl)cc(C(=O)CCN)c1OC1CN(C)C1. The zero-order valence-electron chi connectivity index (χ0n) is 11.7. The molecule has 0 saturated carbocycles. The van der Waals surface area contributed by atoms with Gasteiger partial charge < -0.3 is 15.2 Å². The average Bonchev–Trinajstić information content (AvgIpc) is 2.38. The molecule has 0 atom stereocenters. The molecule has 1 fully saturated rings. The van der Waals surface area contributed by atoms with Gasteiger partial charge in [-0.3, -0.25) is 9.69 Å². The van der Waals surface area contributed by atoms with Gasteiger partial charge in [0.2, 0.25) is 0 Å². The molecule has 1 aromatic rings. The zero-order chi connectivity index (χ0) is 14.7. The lowest BCUT2D eigenvalue weighted by Crippen LogP contribution is -2.51. The van der Waals surface area contributed by atoms with Crippen LogP contribution in [-0.2, 0) is 0 Å². The minimum Gasteiger partial charge on any atom is -0.493 e. The quantitative estimate of drug-likeness (QED) is 0.808. The number of carbonyl (C=O) groups excluding carboxylic acids is 1. The number of benzene rings is 1. The van der Waals surface area contributed by atoms with E-state index >= 15 is 0 Å². The number of carbonyl (C=O) groups is 1. The van der Waals surface area contributed by atoms with E-state index in [2.05, 4.69) is 4.90 Å². The number of methoxy groups -OCH3 is 1. The highest BCUT2D eigenvalue weighted by Gasteiger charge is 2.28. The van der Waals surface area contributed by atoms with Gasteiger partial charge in [-0.05, 0) is 19.7 Å². The molecule has 0 spiro atoms. The lowest BCUT2D eigenvalue weighted by Gasteiger charge is -2.36. The lowest BCUT2D eigenvalue weighted by atomic mass is 10.1. The first-order valence-electron chi connectivity index (χ1n) is 6.51. The van der Waals surface area contributed by atoms with Crippen molar-refractivity contribution in [3.05, 3.63) is 22.7 Å². The van der Waals surface area contributed by atoms with Crippen LogP contribution >= 0.6 is 11.6 Å². The summed E-state index contributed by atoms with van der Waals surface area (Å²) in [5.41, 5.74) is 5.89. The van der Waals surface area contributed by atoms with E-state index < -0.39 is 0 Å². The highest BCUT2D eigenvalue weighted by Crippen LogP contribution is 2.36. The Morgan fingerprint density at radius 3 is 2.75 bits per heavy atom. The van der Waals surface area contributed by atoms with Crippen LogP contribution in [0.1, 0.15) is 16.8 Å². The maximum atomic E-state index is 12.2. The summed E-state index contributed by atoms with van der Waals surface area (Å²) in [4.78, 5) is 14.3. The van der Waals surface area contributed by atoms with Crippen molar-refractivity contribution in [1.82, 2.24) is 4.90 Å². The van der Waals surface area contributed by atoms with Crippen molar-refractivity contribution in [3.63, 3.8) is 0 Å². The minimum atomic E-state index is -0.0871. The first-order chi connectivity index (χ1) is 9.55. The number of hydrogen-bond donors (Lipinski definition) is 1. The molecule has 0 amide bonds. The van der Waals surface area contributed by atoms with Crippen LogP contribution in [0.2, 0.25) is 5.02 Å². The molecule has 0 radical (unpaired) electrons. The van der Waals surface area contributed by atoms with Crippen molar-refractivity contribution < 1.29 is 14.3 Å². The van der Waals surface area contributed by atoms with E-state index in [0.717, 1.165) is 13.1 Å². The summed E-state index contributed by atoms with van der Waals surface area (Å²) >= 11 is 6.03. The molecule has 0 aromatic heterocycles. The maximum absolute atomic E-state index is 12.2. The Balaban J connectivity index is 2.31. The van der Waals surface area contributed by atoms with E-state index in [1.807, 2.05) is 7.05 Å². The van der Waals surface area contributed by atoms with Crippen molar-refractivity contribution in [2.45, 2.75) is 12.5 Å². The first-order valence-corrected chi connectivity index (χ1v) is 6.89. The first kappa shape index (κ1) is 15.1. The van der Waals surface area contributed by atoms with Crippen molar-refractivity contribution in [1.29, 1.82) is 0 Å². The van der Waals surface area contributed by atoms with E-state index in [1.54, 1.807) is 12.1 Å². The third-order valence-corrected chi connectivity index (χ3v) is 3.44. The Kier molecular flexibility index (Phi) is 4.86. The van der Waals surface area contributed by atoms with Crippen molar-refractivity contribution in [3.8, 4) is 11.5 Å². The third-order valence-electron chi connectivity index (χ3n) is 3.23. The van der Waals surface area contributed by atoms with Crippen LogP contribution in [0.15, 0.2) is 12.1 Å². The van der Waals surface area contributed by atoms with Gasteiger partial charge >= 0.3 is 0 Å². The average molecular weight is 299 g/mol. The van der Waals surface area contributed by atoms with Crippen LogP contribution in [0.5, 0.6) is 11.5 Å². The van der Waals surface area contributed by atoms with E-state index in [1.165, 1.54) is 7.11 Å². The molecule has 0 unspecified atom stereocenters. The molecule has 1 saturated heterocycles. The Labute approximate surface area is 123 Å². The molecule has 2 N–H and O–H groups in total. The molecule has 110 valence electrons. The number of ketones is 1. The highest BCUT2D eigenvalue weighted by atomic mass is 35.5. The molecule has 2 rings (SSSR count). The second kappa shape index (κ2) is 6.43. The Bertz CT molecular complexity index is 501. The molecule has 1 aliphatic rings. The molecule has 0 bridgehead atoms. The molecule has 1 aliphatic heterocycles. The summed E-state index contributed by atoms with van der Waals surface area (Å²) in [6, 6.07) is 3.26. The topological polar surface area (TPSA) is 64.8 Å². The number of rotatable bonds is 6.